The predicted octanol–water partition coefficient (Wildman–Crippen LogP) is 3.35. The predicted molar refractivity (Wildman–Crippen MR) is 95.8 cm³/mol. The van der Waals surface area contributed by atoms with E-state index in [0.717, 1.165) is 53.0 Å². The summed E-state index contributed by atoms with van der Waals surface area (Å²) < 4.78 is 6.63. The van der Waals surface area contributed by atoms with Crippen molar-refractivity contribution in [2.75, 3.05) is 31.1 Å². The Morgan fingerprint density at radius 2 is 2.12 bits per heavy atom. The number of nitrogens with zero attached hydrogens (tertiary/aromatic N) is 5. The number of anilines is 1. The molecule has 24 heavy (non-hydrogen) atoms. The van der Waals surface area contributed by atoms with Gasteiger partial charge in [-0.3, -0.25) is 4.90 Å². The largest absolute Gasteiger partial charge is 0.424 e. The summed E-state index contributed by atoms with van der Waals surface area (Å²) in [5.74, 6) is 1.31. The Morgan fingerprint density at radius 1 is 1.21 bits per heavy atom. The third-order valence-corrected chi connectivity index (χ3v) is 5.44. The first-order chi connectivity index (χ1) is 11.7. The summed E-state index contributed by atoms with van der Waals surface area (Å²) in [6, 6.07) is 5.86. The zero-order valence-corrected chi connectivity index (χ0v) is 15.0. The molecule has 0 amide bonds. The molecular formula is C16H18ClN5OS. The van der Waals surface area contributed by atoms with Crippen LogP contribution in [0.25, 0.3) is 10.2 Å². The molecular weight excluding hydrogens is 346 g/mol. The van der Waals surface area contributed by atoms with Crippen molar-refractivity contribution in [1.82, 2.24) is 20.1 Å². The summed E-state index contributed by atoms with van der Waals surface area (Å²) >= 11 is 7.78. The second kappa shape index (κ2) is 6.66. The zero-order chi connectivity index (χ0) is 16.5. The monoisotopic (exact) mass is 363 g/mol. The van der Waals surface area contributed by atoms with Gasteiger partial charge in [0.15, 0.2) is 5.13 Å². The molecule has 3 aromatic rings. The number of aromatic nitrogens is 3. The molecule has 1 saturated heterocycles. The normalized spacial score (nSPS) is 16.7. The quantitative estimate of drug-likeness (QED) is 0.711. The fourth-order valence-electron chi connectivity index (χ4n) is 2.93. The molecule has 0 N–H and O–H groups in total. The lowest BCUT2D eigenvalue weighted by molar-refractivity contribution is 0.253. The van der Waals surface area contributed by atoms with E-state index < -0.39 is 0 Å². The van der Waals surface area contributed by atoms with Crippen LogP contribution in [-0.2, 0) is 6.54 Å². The second-order valence-electron chi connectivity index (χ2n) is 5.94. The van der Waals surface area contributed by atoms with E-state index in [2.05, 4.69) is 20.0 Å². The van der Waals surface area contributed by atoms with Crippen LogP contribution in [-0.4, -0.2) is 46.3 Å². The molecule has 0 bridgehead atoms. The van der Waals surface area contributed by atoms with Gasteiger partial charge in [0.1, 0.15) is 0 Å². The fraction of sp³-hybridized carbons (Fsp3) is 0.438. The molecule has 0 saturated carbocycles. The van der Waals surface area contributed by atoms with Crippen LogP contribution in [0.15, 0.2) is 22.6 Å². The highest BCUT2D eigenvalue weighted by Crippen LogP contribution is 2.31. The number of aryl methyl sites for hydroxylation is 1. The molecule has 0 spiro atoms. The minimum absolute atomic E-state index is 0.620. The van der Waals surface area contributed by atoms with Crippen LogP contribution in [0.1, 0.15) is 18.2 Å². The van der Waals surface area contributed by atoms with E-state index in [9.17, 15) is 0 Å². The molecule has 1 fully saturated rings. The first-order valence-electron chi connectivity index (χ1n) is 8.00. The van der Waals surface area contributed by atoms with Gasteiger partial charge in [0.25, 0.3) is 0 Å². The molecule has 6 nitrogen and oxygen atoms in total. The van der Waals surface area contributed by atoms with Crippen molar-refractivity contribution in [3.8, 4) is 0 Å². The topological polar surface area (TPSA) is 58.3 Å². The van der Waals surface area contributed by atoms with Crippen LogP contribution in [0.5, 0.6) is 0 Å². The van der Waals surface area contributed by atoms with Crippen molar-refractivity contribution in [1.29, 1.82) is 0 Å². The van der Waals surface area contributed by atoms with Crippen molar-refractivity contribution in [3.05, 3.63) is 35.0 Å². The molecule has 2 aromatic heterocycles. The molecule has 1 aliphatic rings. The van der Waals surface area contributed by atoms with E-state index in [1.807, 2.05) is 25.1 Å². The van der Waals surface area contributed by atoms with Crippen molar-refractivity contribution in [3.63, 3.8) is 0 Å². The maximum atomic E-state index is 6.08. The minimum atomic E-state index is 0.620. The Balaban J connectivity index is 1.45. The summed E-state index contributed by atoms with van der Waals surface area (Å²) in [6.45, 7) is 6.46. The number of hydrogen-bond acceptors (Lipinski definition) is 7. The zero-order valence-electron chi connectivity index (χ0n) is 13.4. The molecule has 1 aliphatic heterocycles. The van der Waals surface area contributed by atoms with Gasteiger partial charge in [-0.25, -0.2) is 4.98 Å². The van der Waals surface area contributed by atoms with E-state index in [-0.39, 0.29) is 0 Å². The number of hydrogen-bond donors (Lipinski definition) is 0. The van der Waals surface area contributed by atoms with Gasteiger partial charge in [0.2, 0.25) is 11.8 Å². The van der Waals surface area contributed by atoms with E-state index in [4.69, 9.17) is 21.0 Å². The maximum absolute atomic E-state index is 6.08. The maximum Gasteiger partial charge on any atom is 0.230 e. The molecule has 8 heteroatoms. The lowest BCUT2D eigenvalue weighted by atomic mass is 10.3. The molecule has 3 heterocycles. The van der Waals surface area contributed by atoms with E-state index in [1.165, 1.54) is 0 Å². The second-order valence-corrected chi connectivity index (χ2v) is 7.39. The molecule has 0 atom stereocenters. The number of rotatable bonds is 3. The van der Waals surface area contributed by atoms with Gasteiger partial charge in [-0.1, -0.05) is 22.9 Å². The Labute approximate surface area is 149 Å². The molecule has 0 unspecified atom stereocenters. The van der Waals surface area contributed by atoms with Crippen molar-refractivity contribution >= 4 is 38.3 Å². The van der Waals surface area contributed by atoms with Crippen molar-refractivity contribution < 1.29 is 4.42 Å². The van der Waals surface area contributed by atoms with Crippen molar-refractivity contribution in [2.24, 2.45) is 0 Å². The van der Waals surface area contributed by atoms with Crippen molar-refractivity contribution in [2.45, 2.75) is 19.9 Å². The summed E-state index contributed by atoms with van der Waals surface area (Å²) in [7, 11) is 0. The number of fused-ring (bicyclic) bond motifs is 1. The SMILES string of the molecule is Cc1nnc(CN2CCCN(c3nc4ccc(Cl)cc4s3)CC2)o1. The van der Waals surface area contributed by atoms with Gasteiger partial charge in [-0.2, -0.15) is 0 Å². The number of thiazole rings is 1. The molecule has 126 valence electrons. The Bertz CT molecular complexity index is 848. The van der Waals surface area contributed by atoms with E-state index in [0.29, 0.717) is 18.3 Å². The van der Waals surface area contributed by atoms with Crippen LogP contribution in [0.2, 0.25) is 5.02 Å². The van der Waals surface area contributed by atoms with E-state index >= 15 is 0 Å². The third-order valence-electron chi connectivity index (χ3n) is 4.12. The van der Waals surface area contributed by atoms with Gasteiger partial charge in [0.05, 0.1) is 16.8 Å². The Kier molecular flexibility index (Phi) is 4.39. The van der Waals surface area contributed by atoms with Gasteiger partial charge in [0, 0.05) is 38.1 Å². The molecule has 0 aliphatic carbocycles. The Hall–Kier alpha value is -1.70. The first kappa shape index (κ1) is 15.8. The highest BCUT2D eigenvalue weighted by atomic mass is 35.5. The van der Waals surface area contributed by atoms with Gasteiger partial charge < -0.3 is 9.32 Å². The summed E-state index contributed by atoms with van der Waals surface area (Å²) in [6.07, 6.45) is 1.09. The highest BCUT2D eigenvalue weighted by Gasteiger charge is 2.19. The Morgan fingerprint density at radius 3 is 2.96 bits per heavy atom. The summed E-state index contributed by atoms with van der Waals surface area (Å²) in [5, 5.41) is 9.82. The number of halogens is 1. The average Bonchev–Trinajstić information content (AvgIpc) is 3.08. The van der Waals surface area contributed by atoms with Crippen LogP contribution in [0.4, 0.5) is 5.13 Å². The lowest BCUT2D eigenvalue weighted by Gasteiger charge is -2.20. The molecule has 4 rings (SSSR count). The summed E-state index contributed by atoms with van der Waals surface area (Å²) in [5.41, 5.74) is 1.02. The highest BCUT2D eigenvalue weighted by molar-refractivity contribution is 7.22. The van der Waals surface area contributed by atoms with E-state index in [1.54, 1.807) is 11.3 Å². The van der Waals surface area contributed by atoms with Gasteiger partial charge >= 0.3 is 0 Å². The average molecular weight is 364 g/mol. The smallest absolute Gasteiger partial charge is 0.230 e. The molecule has 0 radical (unpaired) electrons. The van der Waals surface area contributed by atoms with Gasteiger partial charge in [-0.05, 0) is 24.6 Å². The van der Waals surface area contributed by atoms with Crippen LogP contribution in [0, 0.1) is 6.92 Å². The van der Waals surface area contributed by atoms with Gasteiger partial charge in [-0.15, -0.1) is 10.2 Å². The third kappa shape index (κ3) is 3.38. The number of benzene rings is 1. The van der Waals surface area contributed by atoms with Crippen LogP contribution >= 0.6 is 22.9 Å². The lowest BCUT2D eigenvalue weighted by Crippen LogP contribution is -2.30. The van der Waals surface area contributed by atoms with Crippen LogP contribution < -0.4 is 4.90 Å². The van der Waals surface area contributed by atoms with Crippen LogP contribution in [0.3, 0.4) is 0 Å². The standard InChI is InChI=1S/C16H18ClN5OS/c1-11-19-20-15(23-11)10-21-5-2-6-22(8-7-21)16-18-13-4-3-12(17)9-14(13)24-16/h3-4,9H,2,5-8,10H2,1H3. The summed E-state index contributed by atoms with van der Waals surface area (Å²) in [4.78, 5) is 9.47. The molecule has 1 aromatic carbocycles. The minimum Gasteiger partial charge on any atom is -0.424 e. The fourth-order valence-corrected chi connectivity index (χ4v) is 4.23. The first-order valence-corrected chi connectivity index (χ1v) is 9.19.